The lowest BCUT2D eigenvalue weighted by Gasteiger charge is -2.14. The number of anilines is 1. The van der Waals surface area contributed by atoms with Crippen LogP contribution in [0.3, 0.4) is 0 Å². The van der Waals surface area contributed by atoms with Gasteiger partial charge >= 0.3 is 6.09 Å². The van der Waals surface area contributed by atoms with Gasteiger partial charge in [0.1, 0.15) is 11.9 Å². The first-order valence-electron chi connectivity index (χ1n) is 8.42. The van der Waals surface area contributed by atoms with Gasteiger partial charge in [0, 0.05) is 18.1 Å². The van der Waals surface area contributed by atoms with Crippen LogP contribution in [0.25, 0.3) is 16.0 Å². The molecule has 2 aromatic carbocycles. The number of ether oxygens (including phenoxy) is 1. The fourth-order valence-corrected chi connectivity index (χ4v) is 2.88. The van der Waals surface area contributed by atoms with Gasteiger partial charge in [0.05, 0.1) is 18.8 Å². The van der Waals surface area contributed by atoms with Crippen molar-refractivity contribution in [2.75, 3.05) is 18.0 Å². The van der Waals surface area contributed by atoms with Crippen LogP contribution in [0.4, 0.5) is 14.9 Å². The van der Waals surface area contributed by atoms with E-state index in [2.05, 4.69) is 10.2 Å². The SMILES string of the molecule is [C-]#[N+]Cc1ccc(-c2ccc(N3C[C@H](CNC(C)=O)OC3=O)cc2F)cc1. The predicted octanol–water partition coefficient (Wildman–Crippen LogP) is 3.37. The summed E-state index contributed by atoms with van der Waals surface area (Å²) in [6.07, 6.45) is -1.04. The van der Waals surface area contributed by atoms with Crippen LogP contribution in [-0.2, 0) is 16.1 Å². The summed E-state index contributed by atoms with van der Waals surface area (Å²) >= 11 is 0. The van der Waals surface area contributed by atoms with Crippen LogP contribution in [0.15, 0.2) is 42.5 Å². The maximum atomic E-state index is 14.6. The average Bonchev–Trinajstić information content (AvgIpc) is 3.02. The van der Waals surface area contributed by atoms with Crippen molar-refractivity contribution in [3.63, 3.8) is 0 Å². The van der Waals surface area contributed by atoms with E-state index in [9.17, 15) is 14.0 Å². The summed E-state index contributed by atoms with van der Waals surface area (Å²) in [5.74, 6) is -0.661. The number of rotatable bonds is 5. The highest BCUT2D eigenvalue weighted by molar-refractivity contribution is 5.90. The number of carbonyl (C=O) groups is 2. The van der Waals surface area contributed by atoms with Gasteiger partial charge in [0.25, 0.3) is 0 Å². The molecule has 2 amide bonds. The Labute approximate surface area is 156 Å². The molecule has 1 atom stereocenters. The van der Waals surface area contributed by atoms with E-state index >= 15 is 0 Å². The van der Waals surface area contributed by atoms with Crippen LogP contribution in [0.2, 0.25) is 0 Å². The van der Waals surface area contributed by atoms with Crippen molar-refractivity contribution in [2.45, 2.75) is 19.6 Å². The predicted molar refractivity (Wildman–Crippen MR) is 98.4 cm³/mol. The Balaban J connectivity index is 1.75. The molecule has 0 radical (unpaired) electrons. The molecule has 0 saturated carbocycles. The zero-order valence-electron chi connectivity index (χ0n) is 14.7. The highest BCUT2D eigenvalue weighted by atomic mass is 19.1. The van der Waals surface area contributed by atoms with Crippen molar-refractivity contribution in [3.8, 4) is 11.1 Å². The molecule has 0 bridgehead atoms. The maximum Gasteiger partial charge on any atom is 0.414 e. The van der Waals surface area contributed by atoms with Gasteiger partial charge in [-0.2, -0.15) is 0 Å². The van der Waals surface area contributed by atoms with E-state index in [1.807, 2.05) is 0 Å². The van der Waals surface area contributed by atoms with E-state index < -0.39 is 18.0 Å². The second-order valence-corrected chi connectivity index (χ2v) is 6.23. The van der Waals surface area contributed by atoms with Gasteiger partial charge in [-0.1, -0.05) is 24.3 Å². The number of hydrogen-bond acceptors (Lipinski definition) is 3. The van der Waals surface area contributed by atoms with Crippen LogP contribution in [0, 0.1) is 12.4 Å². The Bertz CT molecular complexity index is 906. The molecule has 0 aliphatic carbocycles. The largest absolute Gasteiger partial charge is 0.442 e. The van der Waals surface area contributed by atoms with E-state index in [0.29, 0.717) is 23.4 Å². The van der Waals surface area contributed by atoms with Gasteiger partial charge in [0.15, 0.2) is 0 Å². The van der Waals surface area contributed by atoms with Gasteiger partial charge in [-0.15, -0.1) is 0 Å². The number of nitrogens with one attached hydrogen (secondary N) is 1. The summed E-state index contributed by atoms with van der Waals surface area (Å²) in [6, 6.07) is 11.7. The Morgan fingerprint density at radius 1 is 1.33 bits per heavy atom. The first-order valence-corrected chi connectivity index (χ1v) is 8.42. The van der Waals surface area contributed by atoms with Crippen LogP contribution < -0.4 is 10.2 Å². The number of amides is 2. The monoisotopic (exact) mass is 367 g/mol. The zero-order chi connectivity index (χ0) is 19.4. The van der Waals surface area contributed by atoms with Crippen molar-refractivity contribution >= 4 is 17.7 Å². The summed E-state index contributed by atoms with van der Waals surface area (Å²) < 4.78 is 19.8. The average molecular weight is 367 g/mol. The maximum absolute atomic E-state index is 14.6. The second kappa shape index (κ2) is 7.87. The quantitative estimate of drug-likeness (QED) is 0.824. The number of nitrogens with zero attached hydrogens (tertiary/aromatic N) is 2. The molecule has 1 N–H and O–H groups in total. The van der Waals surface area contributed by atoms with Crippen molar-refractivity contribution in [1.82, 2.24) is 5.32 Å². The molecule has 2 aromatic rings. The highest BCUT2D eigenvalue weighted by Crippen LogP contribution is 2.29. The van der Waals surface area contributed by atoms with Crippen LogP contribution in [-0.4, -0.2) is 31.2 Å². The molecule has 138 valence electrons. The normalized spacial score (nSPS) is 16.0. The summed E-state index contributed by atoms with van der Waals surface area (Å²) in [4.78, 5) is 27.7. The third kappa shape index (κ3) is 4.23. The minimum absolute atomic E-state index is 0.206. The van der Waals surface area contributed by atoms with Crippen molar-refractivity contribution < 1.29 is 18.7 Å². The summed E-state index contributed by atoms with van der Waals surface area (Å²) in [6.45, 7) is 9.01. The molecule has 0 spiro atoms. The number of halogens is 1. The zero-order valence-corrected chi connectivity index (χ0v) is 14.7. The van der Waals surface area contributed by atoms with Gasteiger partial charge in [-0.3, -0.25) is 9.69 Å². The number of benzene rings is 2. The fourth-order valence-electron chi connectivity index (χ4n) is 2.88. The summed E-state index contributed by atoms with van der Waals surface area (Å²) in [5, 5.41) is 2.60. The minimum atomic E-state index is -0.569. The molecule has 6 nitrogen and oxygen atoms in total. The number of cyclic esters (lactones) is 1. The molecule has 3 rings (SSSR count). The Morgan fingerprint density at radius 3 is 2.70 bits per heavy atom. The molecule has 0 unspecified atom stereocenters. The van der Waals surface area contributed by atoms with E-state index in [4.69, 9.17) is 11.3 Å². The van der Waals surface area contributed by atoms with Crippen LogP contribution >= 0.6 is 0 Å². The fraction of sp³-hybridized carbons (Fsp3) is 0.250. The van der Waals surface area contributed by atoms with Crippen molar-refractivity contribution in [3.05, 3.63) is 65.3 Å². The third-order valence-electron chi connectivity index (χ3n) is 4.24. The van der Waals surface area contributed by atoms with E-state index in [-0.39, 0.29) is 19.0 Å². The standard InChI is InChI=1S/C20H18FN3O3/c1-13(25)23-11-17-12-24(20(26)27-17)16-7-8-18(19(21)9-16)15-5-3-14(4-6-15)10-22-2/h3-9,17H,10-12H2,1H3,(H,23,25)/t17-/m0/s1. The van der Waals surface area contributed by atoms with Gasteiger partial charge < -0.3 is 14.9 Å². The van der Waals surface area contributed by atoms with E-state index in [1.165, 1.54) is 17.9 Å². The molecule has 1 fully saturated rings. The van der Waals surface area contributed by atoms with E-state index in [0.717, 1.165) is 5.56 Å². The Morgan fingerprint density at radius 2 is 2.07 bits per heavy atom. The lowest BCUT2D eigenvalue weighted by Crippen LogP contribution is -2.33. The molecule has 0 aromatic heterocycles. The highest BCUT2D eigenvalue weighted by Gasteiger charge is 2.32. The Hall–Kier alpha value is -3.40. The summed E-state index contributed by atoms with van der Waals surface area (Å²) in [7, 11) is 0. The second-order valence-electron chi connectivity index (χ2n) is 6.23. The lowest BCUT2D eigenvalue weighted by molar-refractivity contribution is -0.119. The molecular formula is C20H18FN3O3. The Kier molecular flexibility index (Phi) is 5.36. The number of hydrogen-bond donors (Lipinski definition) is 1. The minimum Gasteiger partial charge on any atom is -0.442 e. The molecule has 7 heteroatoms. The van der Waals surface area contributed by atoms with Crippen LogP contribution in [0.5, 0.6) is 0 Å². The lowest BCUT2D eigenvalue weighted by atomic mass is 10.0. The van der Waals surface area contributed by atoms with Crippen molar-refractivity contribution in [2.24, 2.45) is 0 Å². The first-order chi connectivity index (χ1) is 13.0. The molecule has 27 heavy (non-hydrogen) atoms. The van der Waals surface area contributed by atoms with Crippen LogP contribution in [0.1, 0.15) is 12.5 Å². The molecule has 1 saturated heterocycles. The molecule has 1 aliphatic heterocycles. The van der Waals surface area contributed by atoms with Gasteiger partial charge in [0.2, 0.25) is 12.5 Å². The first kappa shape index (κ1) is 18.4. The molecule has 1 heterocycles. The topological polar surface area (TPSA) is 63.0 Å². The van der Waals surface area contributed by atoms with Crippen molar-refractivity contribution in [1.29, 1.82) is 0 Å². The van der Waals surface area contributed by atoms with Gasteiger partial charge in [-0.05, 0) is 23.8 Å². The third-order valence-corrected chi connectivity index (χ3v) is 4.24. The smallest absolute Gasteiger partial charge is 0.414 e. The number of carbonyl (C=O) groups excluding carboxylic acids is 2. The molecular weight excluding hydrogens is 349 g/mol. The van der Waals surface area contributed by atoms with E-state index in [1.54, 1.807) is 36.4 Å². The van der Waals surface area contributed by atoms with Gasteiger partial charge in [-0.25, -0.2) is 15.8 Å². The molecule has 1 aliphatic rings. The summed E-state index contributed by atoms with van der Waals surface area (Å²) in [5.41, 5.74) is 2.38.